The molecule has 5 nitrogen and oxygen atoms in total. The molecule has 136 valence electrons. The molecule has 0 aliphatic carbocycles. The molecule has 1 amide bonds. The first kappa shape index (κ1) is 17.1. The molecule has 1 aliphatic heterocycles. The van der Waals surface area contributed by atoms with E-state index >= 15 is 0 Å². The first-order valence-corrected chi connectivity index (χ1v) is 10.1. The molecule has 3 aromatic rings. The van der Waals surface area contributed by atoms with Crippen LogP contribution in [0.2, 0.25) is 0 Å². The zero-order valence-electron chi connectivity index (χ0n) is 15.0. The minimum absolute atomic E-state index is 0.0221. The summed E-state index contributed by atoms with van der Waals surface area (Å²) in [5.74, 6) is 1.17. The van der Waals surface area contributed by atoms with Crippen LogP contribution in [0, 0.1) is 5.92 Å². The van der Waals surface area contributed by atoms with E-state index in [-0.39, 0.29) is 11.8 Å². The van der Waals surface area contributed by atoms with Crippen molar-refractivity contribution in [1.82, 2.24) is 14.9 Å². The highest BCUT2D eigenvalue weighted by Crippen LogP contribution is 2.27. The molecule has 26 heavy (non-hydrogen) atoms. The number of imidazole rings is 1. The topological polar surface area (TPSA) is 50.2 Å². The molecule has 1 unspecified atom stereocenters. The van der Waals surface area contributed by atoms with Crippen LogP contribution in [-0.4, -0.2) is 28.5 Å². The van der Waals surface area contributed by atoms with Gasteiger partial charge in [0.2, 0.25) is 11.9 Å². The Balaban J connectivity index is 1.49. The third-order valence-electron chi connectivity index (χ3n) is 5.04. The second-order valence-corrected chi connectivity index (χ2v) is 7.76. The van der Waals surface area contributed by atoms with E-state index in [1.54, 1.807) is 11.3 Å². The number of aryl methyl sites for hydroxylation is 1. The minimum Gasteiger partial charge on any atom is -0.351 e. The number of hydrogen-bond donors (Lipinski definition) is 1. The lowest BCUT2D eigenvalue weighted by molar-refractivity contribution is -0.125. The van der Waals surface area contributed by atoms with Gasteiger partial charge in [0.15, 0.2) is 0 Å². The highest BCUT2D eigenvalue weighted by Gasteiger charge is 2.28. The molecule has 0 bridgehead atoms. The Morgan fingerprint density at radius 3 is 3.00 bits per heavy atom. The fraction of sp³-hybridized carbons (Fsp3) is 0.400. The fourth-order valence-corrected chi connectivity index (χ4v) is 4.37. The van der Waals surface area contributed by atoms with Crippen molar-refractivity contribution in [3.05, 3.63) is 46.7 Å². The number of thiophene rings is 1. The van der Waals surface area contributed by atoms with Crippen molar-refractivity contribution in [2.75, 3.05) is 18.0 Å². The van der Waals surface area contributed by atoms with Gasteiger partial charge in [-0.25, -0.2) is 4.98 Å². The fourth-order valence-electron chi connectivity index (χ4n) is 3.72. The maximum absolute atomic E-state index is 12.6. The van der Waals surface area contributed by atoms with Gasteiger partial charge in [-0.2, -0.15) is 0 Å². The molecule has 1 aliphatic rings. The number of nitrogens with one attached hydrogen (secondary N) is 1. The molecule has 4 rings (SSSR count). The zero-order valence-corrected chi connectivity index (χ0v) is 15.8. The van der Waals surface area contributed by atoms with Crippen molar-refractivity contribution in [3.63, 3.8) is 0 Å². The van der Waals surface area contributed by atoms with Crippen molar-refractivity contribution >= 4 is 34.2 Å². The predicted molar refractivity (Wildman–Crippen MR) is 107 cm³/mol. The summed E-state index contributed by atoms with van der Waals surface area (Å²) in [7, 11) is 0. The lowest BCUT2D eigenvalue weighted by atomic mass is 9.97. The Morgan fingerprint density at radius 1 is 1.31 bits per heavy atom. The van der Waals surface area contributed by atoms with Crippen LogP contribution in [0.3, 0.4) is 0 Å². The van der Waals surface area contributed by atoms with Crippen LogP contribution in [0.4, 0.5) is 5.95 Å². The van der Waals surface area contributed by atoms with Crippen LogP contribution in [0.1, 0.15) is 24.6 Å². The molecule has 0 spiro atoms. The molecule has 1 saturated heterocycles. The average molecular weight is 369 g/mol. The van der Waals surface area contributed by atoms with Gasteiger partial charge in [0.25, 0.3) is 0 Å². The molecule has 1 aromatic carbocycles. The van der Waals surface area contributed by atoms with Gasteiger partial charge in [0.1, 0.15) is 0 Å². The van der Waals surface area contributed by atoms with Gasteiger partial charge in [-0.3, -0.25) is 4.79 Å². The number of carbonyl (C=O) groups is 1. The molecule has 6 heteroatoms. The third kappa shape index (κ3) is 3.33. The largest absolute Gasteiger partial charge is 0.351 e. The number of aromatic nitrogens is 2. The smallest absolute Gasteiger partial charge is 0.225 e. The van der Waals surface area contributed by atoms with Gasteiger partial charge >= 0.3 is 0 Å². The highest BCUT2D eigenvalue weighted by atomic mass is 32.1. The van der Waals surface area contributed by atoms with E-state index in [0.29, 0.717) is 6.54 Å². The van der Waals surface area contributed by atoms with Crippen molar-refractivity contribution in [2.24, 2.45) is 5.92 Å². The monoisotopic (exact) mass is 368 g/mol. The summed E-state index contributed by atoms with van der Waals surface area (Å²) in [6.07, 6.45) is 1.96. The van der Waals surface area contributed by atoms with E-state index in [0.717, 1.165) is 49.5 Å². The van der Waals surface area contributed by atoms with E-state index in [9.17, 15) is 4.79 Å². The first-order valence-electron chi connectivity index (χ1n) is 9.26. The Hall–Kier alpha value is -2.34. The molecule has 1 N–H and O–H groups in total. The third-order valence-corrected chi connectivity index (χ3v) is 5.92. The van der Waals surface area contributed by atoms with Crippen LogP contribution in [0.15, 0.2) is 41.8 Å². The van der Waals surface area contributed by atoms with Crippen LogP contribution in [0.25, 0.3) is 11.0 Å². The number of benzene rings is 1. The Morgan fingerprint density at radius 2 is 2.19 bits per heavy atom. The van der Waals surface area contributed by atoms with E-state index in [1.165, 1.54) is 4.88 Å². The number of nitrogens with zero attached hydrogens (tertiary/aromatic N) is 3. The van der Waals surface area contributed by atoms with Gasteiger partial charge < -0.3 is 14.8 Å². The van der Waals surface area contributed by atoms with Crippen LogP contribution < -0.4 is 10.2 Å². The lowest BCUT2D eigenvalue weighted by Crippen LogP contribution is -2.43. The van der Waals surface area contributed by atoms with Crippen molar-refractivity contribution in [2.45, 2.75) is 32.9 Å². The summed E-state index contributed by atoms with van der Waals surface area (Å²) in [4.78, 5) is 21.0. The molecule has 2 aromatic heterocycles. The van der Waals surface area contributed by atoms with Crippen molar-refractivity contribution in [1.29, 1.82) is 0 Å². The van der Waals surface area contributed by atoms with Crippen LogP contribution in [-0.2, 0) is 17.9 Å². The van der Waals surface area contributed by atoms with Crippen LogP contribution in [0.5, 0.6) is 0 Å². The van der Waals surface area contributed by atoms with E-state index in [2.05, 4.69) is 46.0 Å². The maximum Gasteiger partial charge on any atom is 0.225 e. The first-order chi connectivity index (χ1) is 12.8. The Labute approximate surface area is 157 Å². The standard InChI is InChI=1S/C20H24N4OS/c1-2-24-18-10-4-3-9-17(18)22-20(24)23-11-5-7-15(14-23)19(25)21-13-16-8-6-12-26-16/h3-4,6,8-10,12,15H,2,5,7,11,13-14H2,1H3,(H,21,25). The SMILES string of the molecule is CCn1c(N2CCCC(C(=O)NCc3cccs3)C2)nc2ccccc21. The maximum atomic E-state index is 12.6. The average Bonchev–Trinajstić information content (AvgIpc) is 3.33. The second-order valence-electron chi connectivity index (χ2n) is 6.73. The Bertz CT molecular complexity index is 886. The summed E-state index contributed by atoms with van der Waals surface area (Å²) in [6.45, 7) is 5.34. The number of para-hydroxylation sites is 2. The van der Waals surface area contributed by atoms with Gasteiger partial charge in [-0.05, 0) is 43.3 Å². The molecule has 0 radical (unpaired) electrons. The molecule has 3 heterocycles. The number of hydrogen-bond acceptors (Lipinski definition) is 4. The van der Waals surface area contributed by atoms with E-state index in [4.69, 9.17) is 4.98 Å². The molecule has 1 fully saturated rings. The van der Waals surface area contributed by atoms with Gasteiger partial charge in [0.05, 0.1) is 23.5 Å². The van der Waals surface area contributed by atoms with E-state index < -0.39 is 0 Å². The van der Waals surface area contributed by atoms with Gasteiger partial charge in [0, 0.05) is 24.5 Å². The summed E-state index contributed by atoms with van der Waals surface area (Å²) in [6, 6.07) is 12.3. The normalized spacial score (nSPS) is 17.6. The number of carbonyl (C=O) groups excluding carboxylic acids is 1. The van der Waals surface area contributed by atoms with Gasteiger partial charge in [-0.15, -0.1) is 11.3 Å². The summed E-state index contributed by atoms with van der Waals surface area (Å²) >= 11 is 1.68. The zero-order chi connectivity index (χ0) is 17.9. The van der Waals surface area contributed by atoms with Crippen molar-refractivity contribution in [3.8, 4) is 0 Å². The Kier molecular flexibility index (Phi) is 4.93. The quantitative estimate of drug-likeness (QED) is 0.748. The summed E-state index contributed by atoms with van der Waals surface area (Å²) < 4.78 is 2.25. The van der Waals surface area contributed by atoms with E-state index in [1.807, 2.05) is 17.5 Å². The number of anilines is 1. The van der Waals surface area contributed by atoms with Crippen molar-refractivity contribution < 1.29 is 4.79 Å². The second kappa shape index (κ2) is 7.50. The molecular weight excluding hydrogens is 344 g/mol. The molecular formula is C20H24N4OS. The lowest BCUT2D eigenvalue weighted by Gasteiger charge is -2.33. The minimum atomic E-state index is 0.0221. The summed E-state index contributed by atoms with van der Waals surface area (Å²) in [5, 5.41) is 5.14. The van der Waals surface area contributed by atoms with Crippen LogP contribution >= 0.6 is 11.3 Å². The number of rotatable bonds is 5. The molecule has 0 saturated carbocycles. The number of fused-ring (bicyclic) bond motifs is 1. The molecule has 1 atom stereocenters. The van der Waals surface area contributed by atoms with Gasteiger partial charge in [-0.1, -0.05) is 18.2 Å². The predicted octanol–water partition coefficient (Wildman–Crippen LogP) is 3.65. The number of piperidine rings is 1. The highest BCUT2D eigenvalue weighted by molar-refractivity contribution is 7.09. The number of amides is 1. The summed E-state index contributed by atoms with van der Waals surface area (Å²) in [5.41, 5.74) is 2.18.